The lowest BCUT2D eigenvalue weighted by Gasteiger charge is -1.97. The van der Waals surface area contributed by atoms with Crippen LogP contribution in [-0.2, 0) is 0 Å². The molecule has 2 rings (SSSR count). The first-order chi connectivity index (χ1) is 7.65. The molecule has 0 aliphatic heterocycles. The Balaban J connectivity index is 2.26. The molecule has 0 fully saturated rings. The summed E-state index contributed by atoms with van der Waals surface area (Å²) in [5, 5.41) is 15.8. The summed E-state index contributed by atoms with van der Waals surface area (Å²) in [6.07, 6.45) is 1.49. The maximum Gasteiger partial charge on any atom is 0.269 e. The lowest BCUT2D eigenvalue weighted by Crippen LogP contribution is -1.85. The molecule has 0 spiro atoms. The Labute approximate surface area is 105 Å². The van der Waals surface area contributed by atoms with Gasteiger partial charge >= 0.3 is 0 Å². The van der Waals surface area contributed by atoms with Gasteiger partial charge in [-0.2, -0.15) is 4.98 Å². The Bertz CT molecular complexity index is 536. The smallest absolute Gasteiger partial charge is 0.269 e. The predicted octanol–water partition coefficient (Wildman–Crippen LogP) is 1.45. The first-order valence-corrected chi connectivity index (χ1v) is 5.43. The fourth-order valence-electron chi connectivity index (χ4n) is 1.08. The topological polar surface area (TPSA) is 100 Å². The molecule has 0 bridgehead atoms. The number of aromatic hydroxyl groups is 1. The van der Waals surface area contributed by atoms with Gasteiger partial charge in [0.15, 0.2) is 0 Å². The highest BCUT2D eigenvalue weighted by Gasteiger charge is 2.00. The van der Waals surface area contributed by atoms with Crippen molar-refractivity contribution in [1.29, 1.82) is 0 Å². The van der Waals surface area contributed by atoms with Gasteiger partial charge in [-0.15, -0.1) is 5.10 Å². The molecule has 0 saturated carbocycles. The van der Waals surface area contributed by atoms with Crippen LogP contribution in [0, 0.1) is 3.57 Å². The van der Waals surface area contributed by atoms with Crippen LogP contribution in [0.4, 0.5) is 11.9 Å². The van der Waals surface area contributed by atoms with E-state index in [1.165, 1.54) is 6.21 Å². The first kappa shape index (κ1) is 10.9. The van der Waals surface area contributed by atoms with Gasteiger partial charge in [0.05, 0.1) is 0 Å². The number of nitrogens with zero attached hydrogens (tertiary/aromatic N) is 3. The molecule has 7 heteroatoms. The molecule has 0 aliphatic carbocycles. The number of anilines is 1. The average Bonchev–Trinajstić information content (AvgIpc) is 2.66. The number of H-pyrrole nitrogens is 1. The minimum absolute atomic E-state index is 0.160. The van der Waals surface area contributed by atoms with Gasteiger partial charge in [-0.25, -0.2) is 10.1 Å². The number of phenolic OH excluding ortho intramolecular Hbond substituents is 1. The van der Waals surface area contributed by atoms with E-state index in [1.54, 1.807) is 18.2 Å². The van der Waals surface area contributed by atoms with E-state index in [0.29, 0.717) is 5.56 Å². The second kappa shape index (κ2) is 4.47. The molecule has 2 aromatic rings. The van der Waals surface area contributed by atoms with Crippen LogP contribution in [0.1, 0.15) is 5.56 Å². The zero-order chi connectivity index (χ0) is 11.5. The lowest BCUT2D eigenvalue weighted by molar-refractivity contribution is 0.474. The molecule has 1 aromatic heterocycles. The second-order valence-electron chi connectivity index (χ2n) is 2.98. The zero-order valence-electron chi connectivity index (χ0n) is 8.05. The maximum atomic E-state index is 9.55. The molecule has 0 saturated heterocycles. The van der Waals surface area contributed by atoms with Crippen molar-refractivity contribution in [3.8, 4) is 5.75 Å². The van der Waals surface area contributed by atoms with Crippen molar-refractivity contribution < 1.29 is 5.11 Å². The maximum absolute atomic E-state index is 9.55. The standard InChI is InChI=1S/C9H8IN5O/c10-6-1-2-7(16)5(3-6)4-12-9-13-8(11)14-15-9/h1-4,16H,(H3,11,13,14,15)/b12-4+. The van der Waals surface area contributed by atoms with Crippen molar-refractivity contribution in [2.75, 3.05) is 5.73 Å². The number of aliphatic imine (C=N–C) groups is 1. The number of rotatable bonds is 2. The lowest BCUT2D eigenvalue weighted by atomic mass is 10.2. The van der Waals surface area contributed by atoms with Crippen molar-refractivity contribution in [2.24, 2.45) is 4.99 Å². The molecule has 16 heavy (non-hydrogen) atoms. The molecular formula is C9H8IN5O. The third kappa shape index (κ3) is 2.48. The van der Waals surface area contributed by atoms with Crippen LogP contribution in [0.3, 0.4) is 0 Å². The fraction of sp³-hybridized carbons (Fsp3) is 0. The molecule has 82 valence electrons. The Morgan fingerprint density at radius 3 is 3.00 bits per heavy atom. The number of benzene rings is 1. The third-order valence-corrected chi connectivity index (χ3v) is 2.47. The number of halogens is 1. The second-order valence-corrected chi connectivity index (χ2v) is 4.23. The minimum atomic E-state index is 0.160. The van der Waals surface area contributed by atoms with E-state index in [4.69, 9.17) is 5.73 Å². The van der Waals surface area contributed by atoms with E-state index in [9.17, 15) is 5.11 Å². The highest BCUT2D eigenvalue weighted by Crippen LogP contribution is 2.18. The van der Waals surface area contributed by atoms with Gasteiger partial charge in [0, 0.05) is 15.3 Å². The molecule has 0 atom stereocenters. The summed E-state index contributed by atoms with van der Waals surface area (Å²) in [4.78, 5) is 7.78. The van der Waals surface area contributed by atoms with Crippen molar-refractivity contribution in [3.05, 3.63) is 27.3 Å². The van der Waals surface area contributed by atoms with E-state index in [-0.39, 0.29) is 17.6 Å². The normalized spacial score (nSPS) is 11.1. The zero-order valence-corrected chi connectivity index (χ0v) is 10.2. The Hall–Kier alpha value is -1.64. The van der Waals surface area contributed by atoms with Crippen LogP contribution in [0.5, 0.6) is 5.75 Å². The molecule has 1 aromatic carbocycles. The Morgan fingerprint density at radius 2 is 2.31 bits per heavy atom. The summed E-state index contributed by atoms with van der Waals surface area (Å²) in [6, 6.07) is 5.21. The molecule has 1 heterocycles. The number of nitrogens with one attached hydrogen (secondary N) is 1. The fourth-order valence-corrected chi connectivity index (χ4v) is 1.59. The molecule has 0 amide bonds. The molecule has 0 aliphatic rings. The molecule has 0 radical (unpaired) electrons. The van der Waals surface area contributed by atoms with Gasteiger partial charge in [-0.3, -0.25) is 0 Å². The van der Waals surface area contributed by atoms with Gasteiger partial charge in [-0.1, -0.05) is 0 Å². The van der Waals surface area contributed by atoms with Gasteiger partial charge < -0.3 is 10.8 Å². The average molecular weight is 329 g/mol. The summed E-state index contributed by atoms with van der Waals surface area (Å²) in [6.45, 7) is 0. The van der Waals surface area contributed by atoms with E-state index in [2.05, 4.69) is 42.8 Å². The highest BCUT2D eigenvalue weighted by atomic mass is 127. The van der Waals surface area contributed by atoms with Gasteiger partial charge in [0.1, 0.15) is 5.75 Å². The number of nitrogen functional groups attached to an aromatic ring is 1. The van der Waals surface area contributed by atoms with Crippen molar-refractivity contribution in [3.63, 3.8) is 0 Å². The number of nitrogens with two attached hydrogens (primary N) is 1. The molecule has 6 nitrogen and oxygen atoms in total. The summed E-state index contributed by atoms with van der Waals surface area (Å²) >= 11 is 2.15. The van der Waals surface area contributed by atoms with Crippen molar-refractivity contribution in [2.45, 2.75) is 0 Å². The van der Waals surface area contributed by atoms with Crippen LogP contribution in [-0.4, -0.2) is 26.5 Å². The molecule has 4 N–H and O–H groups in total. The Morgan fingerprint density at radius 1 is 1.50 bits per heavy atom. The van der Waals surface area contributed by atoms with Crippen LogP contribution in [0.2, 0.25) is 0 Å². The van der Waals surface area contributed by atoms with Crippen LogP contribution >= 0.6 is 22.6 Å². The molecule has 0 unspecified atom stereocenters. The number of aromatic amines is 1. The summed E-state index contributed by atoms with van der Waals surface area (Å²) < 4.78 is 1.01. The largest absolute Gasteiger partial charge is 0.507 e. The van der Waals surface area contributed by atoms with E-state index >= 15 is 0 Å². The summed E-state index contributed by atoms with van der Waals surface area (Å²) in [5.74, 6) is 0.599. The van der Waals surface area contributed by atoms with E-state index < -0.39 is 0 Å². The van der Waals surface area contributed by atoms with E-state index in [0.717, 1.165) is 3.57 Å². The number of phenols is 1. The van der Waals surface area contributed by atoms with Gasteiger partial charge in [-0.05, 0) is 40.8 Å². The first-order valence-electron chi connectivity index (χ1n) is 4.35. The summed E-state index contributed by atoms with van der Waals surface area (Å²) in [5.41, 5.74) is 5.95. The third-order valence-electron chi connectivity index (χ3n) is 1.80. The minimum Gasteiger partial charge on any atom is -0.507 e. The number of hydrogen-bond donors (Lipinski definition) is 3. The Kier molecular flexibility index (Phi) is 3.04. The van der Waals surface area contributed by atoms with Gasteiger partial charge in [0.25, 0.3) is 5.95 Å². The monoisotopic (exact) mass is 329 g/mol. The van der Waals surface area contributed by atoms with Crippen molar-refractivity contribution in [1.82, 2.24) is 15.2 Å². The summed E-state index contributed by atoms with van der Waals surface area (Å²) in [7, 11) is 0. The van der Waals surface area contributed by atoms with Crippen LogP contribution < -0.4 is 5.73 Å². The number of hydrogen-bond acceptors (Lipinski definition) is 5. The molecular weight excluding hydrogens is 321 g/mol. The van der Waals surface area contributed by atoms with Crippen molar-refractivity contribution >= 4 is 40.7 Å². The van der Waals surface area contributed by atoms with E-state index in [1.807, 2.05) is 0 Å². The predicted molar refractivity (Wildman–Crippen MR) is 68.9 cm³/mol. The van der Waals surface area contributed by atoms with Gasteiger partial charge in [0.2, 0.25) is 5.95 Å². The number of aromatic nitrogens is 3. The SMILES string of the molecule is Nc1nc(/N=C/c2cc(I)ccc2O)n[nH]1. The van der Waals surface area contributed by atoms with Crippen LogP contribution in [0.25, 0.3) is 0 Å². The quantitative estimate of drug-likeness (QED) is 0.573. The van der Waals surface area contributed by atoms with Crippen LogP contribution in [0.15, 0.2) is 23.2 Å². The highest BCUT2D eigenvalue weighted by molar-refractivity contribution is 14.1.